The molecule has 1 saturated heterocycles. The van der Waals surface area contributed by atoms with Crippen LogP contribution in [0.4, 0.5) is 21.9 Å². The summed E-state index contributed by atoms with van der Waals surface area (Å²) in [5, 5.41) is 26.5. The molecule has 12 heteroatoms. The van der Waals surface area contributed by atoms with E-state index in [1.165, 1.54) is 0 Å². The molecule has 0 bridgehead atoms. The lowest BCUT2D eigenvalue weighted by Gasteiger charge is -2.40. The molecule has 3 aromatic carbocycles. The zero-order valence-corrected chi connectivity index (χ0v) is 29.7. The van der Waals surface area contributed by atoms with Crippen LogP contribution in [0.25, 0.3) is 11.1 Å². The highest BCUT2D eigenvalue weighted by Gasteiger charge is 2.33. The summed E-state index contributed by atoms with van der Waals surface area (Å²) in [7, 11) is 0. The Morgan fingerprint density at radius 3 is 2.41 bits per heavy atom. The van der Waals surface area contributed by atoms with Gasteiger partial charge in [-0.1, -0.05) is 30.3 Å². The van der Waals surface area contributed by atoms with Gasteiger partial charge in [-0.2, -0.15) is 0 Å². The van der Waals surface area contributed by atoms with E-state index in [-0.39, 0.29) is 42.2 Å². The number of carbonyl (C=O) groups excluding carboxylic acids is 3. The lowest BCUT2D eigenvalue weighted by molar-refractivity contribution is -0.121. The van der Waals surface area contributed by atoms with Gasteiger partial charge in [0, 0.05) is 60.8 Å². The number of phenolic OH excluding ortho intramolecular Hbond substituents is 1. The van der Waals surface area contributed by atoms with E-state index in [1.807, 2.05) is 68.1 Å². The Bertz CT molecular complexity index is 1850. The molecule has 0 aliphatic carbocycles. The van der Waals surface area contributed by atoms with Crippen molar-refractivity contribution < 1.29 is 24.0 Å². The summed E-state index contributed by atoms with van der Waals surface area (Å²) in [6, 6.07) is 20.7. The predicted molar refractivity (Wildman–Crippen MR) is 198 cm³/mol. The van der Waals surface area contributed by atoms with E-state index in [9.17, 15) is 19.5 Å². The summed E-state index contributed by atoms with van der Waals surface area (Å²) < 4.78 is 5.31. The van der Waals surface area contributed by atoms with Crippen LogP contribution >= 0.6 is 0 Å². The first-order valence-corrected chi connectivity index (χ1v) is 17.7. The number of rotatable bonds is 10. The number of aromatic hydroxyl groups is 1. The van der Waals surface area contributed by atoms with Crippen LogP contribution in [-0.4, -0.2) is 64.7 Å². The number of aryl methyl sites for hydroxylation is 2. The molecule has 5 N–H and O–H groups in total. The molecule has 4 aromatic rings. The van der Waals surface area contributed by atoms with Gasteiger partial charge in [0.15, 0.2) is 0 Å². The van der Waals surface area contributed by atoms with E-state index >= 15 is 0 Å². The Hall–Kier alpha value is -5.36. The van der Waals surface area contributed by atoms with Gasteiger partial charge in [0.1, 0.15) is 11.5 Å². The molecule has 2 aliphatic rings. The highest BCUT2D eigenvalue weighted by Crippen LogP contribution is 2.39. The Morgan fingerprint density at radius 2 is 1.71 bits per heavy atom. The number of anilines is 3. The second-order valence-corrected chi connectivity index (χ2v) is 13.5. The quantitative estimate of drug-likeness (QED) is 0.131. The average Bonchev–Trinajstić information content (AvgIpc) is 3.45. The number of hydrogen-bond donors (Lipinski definition) is 5. The fraction of sp³-hybridized carbons (Fsp3) is 0.385. The van der Waals surface area contributed by atoms with Crippen LogP contribution in [0.5, 0.6) is 5.75 Å². The summed E-state index contributed by atoms with van der Waals surface area (Å²) in [5.41, 5.74) is 7.09. The minimum absolute atomic E-state index is 0.0232. The van der Waals surface area contributed by atoms with Crippen LogP contribution in [0.2, 0.25) is 0 Å². The largest absolute Gasteiger partial charge is 0.508 e. The van der Waals surface area contributed by atoms with Gasteiger partial charge in [0.05, 0.1) is 18.3 Å². The van der Waals surface area contributed by atoms with Crippen LogP contribution in [-0.2, 0) is 16.1 Å². The molecule has 2 atom stereocenters. The maximum absolute atomic E-state index is 12.7. The first-order valence-electron chi connectivity index (χ1n) is 17.7. The molecule has 1 aromatic heterocycles. The fourth-order valence-corrected chi connectivity index (χ4v) is 7.26. The molecule has 268 valence electrons. The van der Waals surface area contributed by atoms with Gasteiger partial charge >= 0.3 is 6.03 Å². The van der Waals surface area contributed by atoms with Gasteiger partial charge < -0.3 is 35.8 Å². The third-order valence-electron chi connectivity index (χ3n) is 9.71. The Balaban J connectivity index is 0.928. The number of nitrogens with one attached hydrogen (secondary N) is 4. The zero-order chi connectivity index (χ0) is 36.1. The molecule has 2 aliphatic heterocycles. The summed E-state index contributed by atoms with van der Waals surface area (Å²) in [6.07, 6.45) is 2.81. The Labute approximate surface area is 298 Å². The van der Waals surface area contributed by atoms with E-state index in [0.717, 1.165) is 71.7 Å². The third-order valence-corrected chi connectivity index (χ3v) is 9.71. The number of urea groups is 1. The SMILES string of the molecule is CCC(=O)N1c2ccccc2[C@H](Nc2ccc(NC(=O)NCC(=O)NC3CCN(Cc4cc(O)cc(-c5c(C)noc5C)c4)CC3)cc2)C[C@@H]1C. The van der Waals surface area contributed by atoms with Gasteiger partial charge in [-0.05, 0) is 105 Å². The van der Waals surface area contributed by atoms with Crippen LogP contribution in [0.15, 0.2) is 71.3 Å². The number of phenols is 1. The van der Waals surface area contributed by atoms with Crippen molar-refractivity contribution in [2.75, 3.05) is 35.2 Å². The molecular weight excluding hydrogens is 646 g/mol. The third kappa shape index (κ3) is 8.51. The van der Waals surface area contributed by atoms with Crippen LogP contribution < -0.4 is 26.2 Å². The second kappa shape index (κ2) is 15.7. The normalized spacial score (nSPS) is 17.8. The van der Waals surface area contributed by atoms with E-state index in [0.29, 0.717) is 24.4 Å². The molecule has 0 unspecified atom stereocenters. The minimum Gasteiger partial charge on any atom is -0.508 e. The Kier molecular flexibility index (Phi) is 10.9. The maximum atomic E-state index is 12.7. The number of carbonyl (C=O) groups is 3. The molecule has 12 nitrogen and oxygen atoms in total. The number of amides is 4. The standard InChI is InChI=1S/C39H47N7O5/c1-5-37(49)46-24(2)18-34(33-8-6-7-9-35(33)46)41-29-10-12-30(13-11-29)43-39(50)40-22-36(48)42-31-14-16-45(17-15-31)23-27-19-28(21-32(47)20-27)38-25(3)44-51-26(38)4/h6-13,19-21,24,31,34,41,47H,5,14-18,22-23H2,1-4H3,(H,42,48)(H2,40,43,50)/t24-,34+/m0/s1. The molecular formula is C39H47N7O5. The second-order valence-electron chi connectivity index (χ2n) is 13.5. The molecule has 0 radical (unpaired) electrons. The average molecular weight is 694 g/mol. The van der Waals surface area contributed by atoms with Gasteiger partial charge in [0.25, 0.3) is 0 Å². The number of nitrogens with zero attached hydrogens (tertiary/aromatic N) is 3. The molecule has 4 amide bonds. The van der Waals surface area contributed by atoms with E-state index in [2.05, 4.69) is 50.4 Å². The van der Waals surface area contributed by atoms with Gasteiger partial charge in [-0.15, -0.1) is 0 Å². The molecule has 3 heterocycles. The van der Waals surface area contributed by atoms with Crippen LogP contribution in [0, 0.1) is 13.8 Å². The summed E-state index contributed by atoms with van der Waals surface area (Å²) in [4.78, 5) is 42.1. The fourth-order valence-electron chi connectivity index (χ4n) is 7.26. The summed E-state index contributed by atoms with van der Waals surface area (Å²) >= 11 is 0. The van der Waals surface area contributed by atoms with E-state index < -0.39 is 6.03 Å². The minimum atomic E-state index is -0.460. The van der Waals surface area contributed by atoms with Gasteiger partial charge in [-0.3, -0.25) is 14.5 Å². The van der Waals surface area contributed by atoms with E-state index in [4.69, 9.17) is 4.52 Å². The zero-order valence-electron chi connectivity index (χ0n) is 29.7. The number of para-hydroxylation sites is 1. The van der Waals surface area contributed by atoms with Gasteiger partial charge in [-0.25, -0.2) is 4.79 Å². The number of benzene rings is 3. The van der Waals surface area contributed by atoms with Crippen molar-refractivity contribution in [2.24, 2.45) is 0 Å². The van der Waals surface area contributed by atoms with Crippen molar-refractivity contribution in [3.8, 4) is 16.9 Å². The highest BCUT2D eigenvalue weighted by atomic mass is 16.5. The highest BCUT2D eigenvalue weighted by molar-refractivity contribution is 5.95. The van der Waals surface area contributed by atoms with Crippen LogP contribution in [0.3, 0.4) is 0 Å². The maximum Gasteiger partial charge on any atom is 0.319 e. The first-order chi connectivity index (χ1) is 24.6. The van der Waals surface area contributed by atoms with Crippen LogP contribution in [0.1, 0.15) is 68.2 Å². The van der Waals surface area contributed by atoms with Crippen molar-refractivity contribution in [1.29, 1.82) is 0 Å². The summed E-state index contributed by atoms with van der Waals surface area (Å²) in [5.74, 6) is 0.797. The number of hydrogen-bond acceptors (Lipinski definition) is 8. The van der Waals surface area contributed by atoms with Crippen molar-refractivity contribution in [2.45, 2.75) is 78.0 Å². The first kappa shape index (κ1) is 35.5. The molecule has 0 saturated carbocycles. The number of piperidine rings is 1. The van der Waals surface area contributed by atoms with E-state index in [1.54, 1.807) is 12.1 Å². The lowest BCUT2D eigenvalue weighted by atomic mass is 9.91. The lowest BCUT2D eigenvalue weighted by Crippen LogP contribution is -2.47. The topological polar surface area (TPSA) is 152 Å². The molecule has 51 heavy (non-hydrogen) atoms. The molecule has 0 spiro atoms. The number of likely N-dealkylation sites (tertiary alicyclic amines) is 1. The van der Waals surface area contributed by atoms with Crippen molar-refractivity contribution in [3.63, 3.8) is 0 Å². The Morgan fingerprint density at radius 1 is 0.980 bits per heavy atom. The molecule has 1 fully saturated rings. The number of fused-ring (bicyclic) bond motifs is 1. The number of aromatic nitrogens is 1. The van der Waals surface area contributed by atoms with Gasteiger partial charge in [0.2, 0.25) is 11.8 Å². The van der Waals surface area contributed by atoms with Crippen molar-refractivity contribution in [3.05, 3.63) is 89.3 Å². The predicted octanol–water partition coefficient (Wildman–Crippen LogP) is 6.25. The van der Waals surface area contributed by atoms with Crippen molar-refractivity contribution >= 4 is 34.9 Å². The molecule has 6 rings (SSSR count). The van der Waals surface area contributed by atoms with Crippen molar-refractivity contribution in [1.82, 2.24) is 20.7 Å². The smallest absolute Gasteiger partial charge is 0.319 e. The summed E-state index contributed by atoms with van der Waals surface area (Å²) in [6.45, 7) is 9.85. The monoisotopic (exact) mass is 693 g/mol.